The second-order valence-electron chi connectivity index (χ2n) is 10.2. The van der Waals surface area contributed by atoms with Crippen LogP contribution in [-0.2, 0) is 9.53 Å². The molecular formula is C26H35N3O3. The van der Waals surface area contributed by atoms with Gasteiger partial charge in [0.25, 0.3) is 0 Å². The summed E-state index contributed by atoms with van der Waals surface area (Å²) in [6, 6.07) is 7.18. The highest BCUT2D eigenvalue weighted by Crippen LogP contribution is 2.44. The minimum absolute atomic E-state index is 0.0952. The van der Waals surface area contributed by atoms with Crippen LogP contribution in [0.5, 0.6) is 5.75 Å². The first-order valence-corrected chi connectivity index (χ1v) is 11.5. The van der Waals surface area contributed by atoms with Crippen molar-refractivity contribution in [2.45, 2.75) is 51.8 Å². The van der Waals surface area contributed by atoms with Crippen LogP contribution >= 0.6 is 0 Å². The molecule has 0 spiro atoms. The van der Waals surface area contributed by atoms with Gasteiger partial charge in [-0.15, -0.1) is 6.58 Å². The van der Waals surface area contributed by atoms with Crippen LogP contribution in [0.4, 0.5) is 0 Å². The molecule has 5 rings (SSSR count). The second kappa shape index (κ2) is 8.83. The van der Waals surface area contributed by atoms with Crippen molar-refractivity contribution in [3.63, 3.8) is 0 Å². The Kier molecular flexibility index (Phi) is 6.28. The van der Waals surface area contributed by atoms with Crippen LogP contribution < -0.4 is 10.5 Å². The first kappa shape index (κ1) is 22.7. The number of ether oxygens (including phenoxy) is 2. The van der Waals surface area contributed by atoms with Crippen LogP contribution in [-0.4, -0.2) is 48.1 Å². The zero-order valence-corrected chi connectivity index (χ0v) is 19.6. The number of aromatic nitrogens is 1. The summed E-state index contributed by atoms with van der Waals surface area (Å²) in [5.74, 6) is 1.43. The third-order valence-corrected chi connectivity index (χ3v) is 7.22. The van der Waals surface area contributed by atoms with Crippen LogP contribution in [0.2, 0.25) is 0 Å². The number of fused-ring (bicyclic) bond motifs is 4. The van der Waals surface area contributed by atoms with Crippen molar-refractivity contribution < 1.29 is 14.3 Å². The predicted octanol–water partition coefficient (Wildman–Crippen LogP) is 4.10. The summed E-state index contributed by atoms with van der Waals surface area (Å²) in [4.78, 5) is 20.2. The third-order valence-electron chi connectivity index (χ3n) is 7.22. The summed E-state index contributed by atoms with van der Waals surface area (Å²) in [5, 5.41) is 0.942. The van der Waals surface area contributed by atoms with E-state index in [-0.39, 0.29) is 17.4 Å². The fourth-order valence-electron chi connectivity index (χ4n) is 5.12. The lowest BCUT2D eigenvalue weighted by Gasteiger charge is -2.51. The highest BCUT2D eigenvalue weighted by atomic mass is 16.5. The van der Waals surface area contributed by atoms with Gasteiger partial charge >= 0.3 is 5.97 Å². The lowest BCUT2D eigenvalue weighted by Crippen LogP contribution is -2.56. The summed E-state index contributed by atoms with van der Waals surface area (Å²) in [7, 11) is 1.65. The largest absolute Gasteiger partial charge is 0.497 e. The molecule has 1 aromatic heterocycles. The molecule has 0 amide bonds. The SMILES string of the molecule is C=CC1CN2CCC1CC2[C@H](OC(=O)[C@@H](N)C(C)(C)C)c1ccnc2ccc(OC)cc12. The molecule has 3 saturated heterocycles. The molecule has 3 aliphatic rings. The number of rotatable bonds is 6. The zero-order valence-electron chi connectivity index (χ0n) is 19.6. The van der Waals surface area contributed by atoms with Crippen molar-refractivity contribution in [3.05, 3.63) is 48.7 Å². The van der Waals surface area contributed by atoms with E-state index in [1.807, 2.05) is 45.0 Å². The van der Waals surface area contributed by atoms with Crippen molar-refractivity contribution in [2.24, 2.45) is 23.0 Å². The summed E-state index contributed by atoms with van der Waals surface area (Å²) in [6.45, 7) is 11.9. The van der Waals surface area contributed by atoms with E-state index in [9.17, 15) is 4.79 Å². The van der Waals surface area contributed by atoms with E-state index >= 15 is 0 Å². The molecule has 4 heterocycles. The van der Waals surface area contributed by atoms with Gasteiger partial charge in [-0.1, -0.05) is 26.8 Å². The van der Waals surface area contributed by atoms with E-state index < -0.39 is 12.1 Å². The summed E-state index contributed by atoms with van der Waals surface area (Å²) in [5.41, 5.74) is 7.72. The van der Waals surface area contributed by atoms with Crippen molar-refractivity contribution in [2.75, 3.05) is 20.2 Å². The Balaban J connectivity index is 1.76. The average molecular weight is 438 g/mol. The van der Waals surface area contributed by atoms with Crippen molar-refractivity contribution in [1.29, 1.82) is 0 Å². The molecule has 6 nitrogen and oxygen atoms in total. The van der Waals surface area contributed by atoms with Crippen molar-refractivity contribution in [1.82, 2.24) is 9.88 Å². The number of hydrogen-bond acceptors (Lipinski definition) is 6. The second-order valence-corrected chi connectivity index (χ2v) is 10.2. The maximum absolute atomic E-state index is 13.2. The number of methoxy groups -OCH3 is 1. The third kappa shape index (κ3) is 4.26. The molecule has 6 heteroatoms. The summed E-state index contributed by atoms with van der Waals surface area (Å²) < 4.78 is 11.7. The zero-order chi connectivity index (χ0) is 23.0. The highest BCUT2D eigenvalue weighted by Gasteiger charge is 2.45. The standard InChI is InChI=1S/C26H35N3O3/c1-6-16-15-29-12-10-17(16)13-22(29)23(32-25(30)24(27)26(2,3)4)19-9-11-28-21-8-7-18(31-5)14-20(19)21/h6-9,11,14,16-17,22-24H,1,10,12-13,15,27H2,2-5H3/t16?,17?,22?,23-,24-/m1/s1. The number of nitrogens with zero attached hydrogens (tertiary/aromatic N) is 2. The minimum Gasteiger partial charge on any atom is -0.497 e. The van der Waals surface area contributed by atoms with Crippen LogP contribution in [0.1, 0.15) is 45.3 Å². The monoisotopic (exact) mass is 437 g/mol. The minimum atomic E-state index is -0.704. The Bertz CT molecular complexity index is 999. The van der Waals surface area contributed by atoms with E-state index in [0.717, 1.165) is 48.1 Å². The average Bonchev–Trinajstić information content (AvgIpc) is 2.80. The van der Waals surface area contributed by atoms with Crippen LogP contribution in [0.3, 0.4) is 0 Å². The topological polar surface area (TPSA) is 77.7 Å². The Labute approximate surface area is 190 Å². The van der Waals surface area contributed by atoms with E-state index in [2.05, 4.69) is 22.5 Å². The molecule has 0 radical (unpaired) electrons. The number of carbonyl (C=O) groups is 1. The molecule has 2 bridgehead atoms. The fourth-order valence-corrected chi connectivity index (χ4v) is 5.12. The summed E-state index contributed by atoms with van der Waals surface area (Å²) in [6.07, 6.45) is 5.56. The van der Waals surface area contributed by atoms with Gasteiger partial charge < -0.3 is 15.2 Å². The molecule has 172 valence electrons. The van der Waals surface area contributed by atoms with Crippen molar-refractivity contribution in [3.8, 4) is 5.75 Å². The number of benzene rings is 1. The Hall–Kier alpha value is -2.44. The molecular weight excluding hydrogens is 402 g/mol. The molecule has 3 aliphatic heterocycles. The van der Waals surface area contributed by atoms with Crippen LogP contribution in [0, 0.1) is 17.3 Å². The predicted molar refractivity (Wildman–Crippen MR) is 126 cm³/mol. The van der Waals surface area contributed by atoms with Gasteiger partial charge in [-0.25, -0.2) is 0 Å². The maximum atomic E-state index is 13.2. The molecule has 1 aromatic carbocycles. The van der Waals surface area contributed by atoms with Gasteiger partial charge in [0, 0.05) is 23.7 Å². The smallest absolute Gasteiger partial charge is 0.324 e. The Morgan fingerprint density at radius 2 is 2.12 bits per heavy atom. The van der Waals surface area contributed by atoms with E-state index in [0.29, 0.717) is 11.8 Å². The van der Waals surface area contributed by atoms with Gasteiger partial charge in [0.1, 0.15) is 17.9 Å². The molecule has 4 unspecified atom stereocenters. The number of esters is 1. The molecule has 2 aromatic rings. The lowest BCUT2D eigenvalue weighted by atomic mass is 9.73. The van der Waals surface area contributed by atoms with Crippen LogP contribution in [0.25, 0.3) is 10.9 Å². The number of nitrogens with two attached hydrogens (primary N) is 1. The van der Waals surface area contributed by atoms with Gasteiger partial charge in [0.05, 0.1) is 18.7 Å². The molecule has 2 N–H and O–H groups in total. The summed E-state index contributed by atoms with van der Waals surface area (Å²) >= 11 is 0. The number of hydrogen-bond donors (Lipinski definition) is 1. The van der Waals surface area contributed by atoms with E-state index in [1.165, 1.54) is 0 Å². The Morgan fingerprint density at radius 1 is 1.34 bits per heavy atom. The molecule has 0 aliphatic carbocycles. The number of pyridine rings is 1. The van der Waals surface area contributed by atoms with Gasteiger partial charge in [0.2, 0.25) is 0 Å². The van der Waals surface area contributed by atoms with Gasteiger partial charge in [-0.3, -0.25) is 14.7 Å². The van der Waals surface area contributed by atoms with E-state index in [4.69, 9.17) is 15.2 Å². The molecule has 6 atom stereocenters. The normalized spacial score (nSPS) is 27.0. The highest BCUT2D eigenvalue weighted by molar-refractivity contribution is 5.84. The number of carbonyl (C=O) groups excluding carboxylic acids is 1. The van der Waals surface area contributed by atoms with Crippen molar-refractivity contribution >= 4 is 16.9 Å². The van der Waals surface area contributed by atoms with Gasteiger partial charge in [0.15, 0.2) is 0 Å². The first-order chi connectivity index (χ1) is 15.2. The fraction of sp³-hybridized carbons (Fsp3) is 0.538. The molecule has 3 fully saturated rings. The molecule has 32 heavy (non-hydrogen) atoms. The van der Waals surface area contributed by atoms with Crippen LogP contribution in [0.15, 0.2) is 43.1 Å². The Morgan fingerprint density at radius 3 is 2.75 bits per heavy atom. The van der Waals surface area contributed by atoms with Gasteiger partial charge in [-0.05, 0) is 60.9 Å². The number of piperidine rings is 3. The maximum Gasteiger partial charge on any atom is 0.324 e. The van der Waals surface area contributed by atoms with Gasteiger partial charge in [-0.2, -0.15) is 0 Å². The molecule has 0 saturated carbocycles. The first-order valence-electron chi connectivity index (χ1n) is 11.5. The lowest BCUT2D eigenvalue weighted by molar-refractivity contribution is -0.161. The quantitative estimate of drug-likeness (QED) is 0.542. The van der Waals surface area contributed by atoms with E-state index in [1.54, 1.807) is 13.3 Å².